The van der Waals surface area contributed by atoms with Gasteiger partial charge in [-0.3, -0.25) is 9.59 Å². The number of primary amides is 1. The number of hydrogen-bond donors (Lipinski definition) is 1. The Labute approximate surface area is 132 Å². The number of nitrogens with two attached hydrogens (primary N) is 1. The summed E-state index contributed by atoms with van der Waals surface area (Å²) >= 11 is 7.17. The van der Waals surface area contributed by atoms with Crippen molar-refractivity contribution in [3.8, 4) is 5.75 Å². The first-order chi connectivity index (χ1) is 10.5. The maximum atomic E-state index is 12.1. The number of aromatic nitrogens is 3. The number of benzene rings is 1. The van der Waals surface area contributed by atoms with Crippen LogP contribution >= 0.6 is 22.9 Å². The van der Waals surface area contributed by atoms with E-state index in [0.717, 1.165) is 0 Å². The molecule has 0 spiro atoms. The van der Waals surface area contributed by atoms with Gasteiger partial charge in [0, 0.05) is 10.6 Å². The molecule has 0 aliphatic heterocycles. The highest BCUT2D eigenvalue weighted by Gasteiger charge is 2.08. The lowest BCUT2D eigenvalue weighted by Crippen LogP contribution is -2.24. The van der Waals surface area contributed by atoms with Gasteiger partial charge in [-0.1, -0.05) is 22.9 Å². The fourth-order valence-corrected chi connectivity index (χ4v) is 2.88. The summed E-state index contributed by atoms with van der Waals surface area (Å²) in [5.41, 5.74) is 5.35. The molecule has 112 valence electrons. The van der Waals surface area contributed by atoms with Crippen molar-refractivity contribution < 1.29 is 9.53 Å². The van der Waals surface area contributed by atoms with Crippen molar-refractivity contribution >= 4 is 39.9 Å². The molecular weight excluding hydrogens is 328 g/mol. The van der Waals surface area contributed by atoms with Gasteiger partial charge in [0.1, 0.15) is 12.1 Å². The average molecular weight is 337 g/mol. The molecule has 0 saturated carbocycles. The summed E-state index contributed by atoms with van der Waals surface area (Å²) in [5, 5.41) is 4.32. The molecule has 2 N–H and O–H groups in total. The Kier molecular flexibility index (Phi) is 3.78. The lowest BCUT2D eigenvalue weighted by molar-refractivity contribution is -0.119. The highest BCUT2D eigenvalue weighted by atomic mass is 35.5. The molecule has 3 aromatic rings. The number of amides is 1. The largest absolute Gasteiger partial charge is 0.483 e. The quantitative estimate of drug-likeness (QED) is 0.734. The molecule has 0 unspecified atom stereocenters. The van der Waals surface area contributed by atoms with Crippen molar-refractivity contribution in [1.29, 1.82) is 0 Å². The van der Waals surface area contributed by atoms with Gasteiger partial charge in [0.05, 0.1) is 4.53 Å². The van der Waals surface area contributed by atoms with Gasteiger partial charge in [0.15, 0.2) is 6.61 Å². The third-order valence-electron chi connectivity index (χ3n) is 2.75. The molecule has 3 rings (SSSR count). The van der Waals surface area contributed by atoms with E-state index in [-0.39, 0.29) is 12.2 Å². The van der Waals surface area contributed by atoms with E-state index in [0.29, 0.717) is 25.8 Å². The Morgan fingerprint density at radius 1 is 1.50 bits per heavy atom. The average Bonchev–Trinajstić information content (AvgIpc) is 3.02. The molecule has 0 bridgehead atoms. The molecule has 9 heteroatoms. The predicted octanol–water partition coefficient (Wildman–Crippen LogP) is 0.216. The van der Waals surface area contributed by atoms with Gasteiger partial charge in [-0.05, 0) is 24.3 Å². The summed E-state index contributed by atoms with van der Waals surface area (Å²) in [6.07, 6.45) is 2.93. The zero-order valence-corrected chi connectivity index (χ0v) is 12.6. The number of ether oxygens (including phenoxy) is 1. The third-order valence-corrected chi connectivity index (χ3v) is 3.96. The van der Waals surface area contributed by atoms with Gasteiger partial charge in [-0.2, -0.15) is 9.61 Å². The second kappa shape index (κ2) is 5.74. The molecule has 0 fully saturated rings. The van der Waals surface area contributed by atoms with E-state index in [1.165, 1.54) is 22.2 Å². The number of carbonyl (C=O) groups is 1. The molecule has 1 amide bonds. The number of nitrogens with zero attached hydrogens (tertiary/aromatic N) is 3. The molecule has 0 radical (unpaired) electrons. The van der Waals surface area contributed by atoms with Crippen LogP contribution in [-0.2, 0) is 4.79 Å². The Morgan fingerprint density at radius 2 is 2.32 bits per heavy atom. The van der Waals surface area contributed by atoms with E-state index in [4.69, 9.17) is 22.1 Å². The van der Waals surface area contributed by atoms with Gasteiger partial charge in [0.2, 0.25) is 4.96 Å². The van der Waals surface area contributed by atoms with Crippen LogP contribution in [0.2, 0.25) is 5.02 Å². The van der Waals surface area contributed by atoms with Gasteiger partial charge >= 0.3 is 0 Å². The number of thiazole rings is 1. The van der Waals surface area contributed by atoms with E-state index in [9.17, 15) is 9.59 Å². The molecule has 2 heterocycles. The lowest BCUT2D eigenvalue weighted by atomic mass is 10.2. The van der Waals surface area contributed by atoms with Gasteiger partial charge in [-0.15, -0.1) is 0 Å². The number of carbonyl (C=O) groups excluding carboxylic acids is 1. The Morgan fingerprint density at radius 3 is 3.05 bits per heavy atom. The van der Waals surface area contributed by atoms with Crippen LogP contribution in [0.5, 0.6) is 5.75 Å². The van der Waals surface area contributed by atoms with E-state index >= 15 is 0 Å². The molecule has 0 aliphatic carbocycles. The maximum absolute atomic E-state index is 12.1. The second-order valence-corrected chi connectivity index (χ2v) is 5.75. The standard InChI is InChI=1S/C13H9ClN4O3S/c14-8-1-2-9(21-5-11(15)19)7(3-8)4-10-12(20)18-13(22-10)16-6-17-18/h1-4,6H,5H2,(H2,15,19)/b10-4-. The third kappa shape index (κ3) is 2.78. The zero-order chi connectivity index (χ0) is 15.7. The summed E-state index contributed by atoms with van der Waals surface area (Å²) in [7, 11) is 0. The minimum atomic E-state index is -0.593. The Balaban J connectivity index is 2.10. The second-order valence-electron chi connectivity index (χ2n) is 4.31. The van der Waals surface area contributed by atoms with Gasteiger partial charge in [0.25, 0.3) is 11.5 Å². The normalized spacial score (nSPS) is 12.0. The van der Waals surface area contributed by atoms with Crippen molar-refractivity contribution in [2.45, 2.75) is 0 Å². The minimum absolute atomic E-state index is 0.262. The van der Waals surface area contributed by atoms with Crippen molar-refractivity contribution in [3.05, 3.63) is 50.0 Å². The summed E-state index contributed by atoms with van der Waals surface area (Å²) in [5.74, 6) is -0.189. The van der Waals surface area contributed by atoms with Crippen molar-refractivity contribution in [1.82, 2.24) is 14.6 Å². The van der Waals surface area contributed by atoms with Crippen LogP contribution in [0.15, 0.2) is 29.3 Å². The molecular formula is C13H9ClN4O3S. The smallest absolute Gasteiger partial charge is 0.291 e. The van der Waals surface area contributed by atoms with Crippen molar-refractivity contribution in [2.24, 2.45) is 5.73 Å². The first-order valence-electron chi connectivity index (χ1n) is 6.09. The van der Waals surface area contributed by atoms with Crippen molar-refractivity contribution in [2.75, 3.05) is 6.61 Å². The molecule has 7 nitrogen and oxygen atoms in total. The van der Waals surface area contributed by atoms with Crippen LogP contribution in [0.3, 0.4) is 0 Å². The Hall–Kier alpha value is -2.45. The molecule has 1 aromatic carbocycles. The van der Waals surface area contributed by atoms with Gasteiger partial charge < -0.3 is 10.5 Å². The highest BCUT2D eigenvalue weighted by Crippen LogP contribution is 2.23. The summed E-state index contributed by atoms with van der Waals surface area (Å²) in [6, 6.07) is 4.86. The molecule has 0 atom stereocenters. The lowest BCUT2D eigenvalue weighted by Gasteiger charge is -2.07. The predicted molar refractivity (Wildman–Crippen MR) is 82.1 cm³/mol. The maximum Gasteiger partial charge on any atom is 0.291 e. The number of halogens is 1. The van der Waals surface area contributed by atoms with Crippen molar-refractivity contribution in [3.63, 3.8) is 0 Å². The molecule has 0 aliphatic rings. The van der Waals surface area contributed by atoms with Crippen LogP contribution < -0.4 is 20.6 Å². The Bertz CT molecular complexity index is 965. The topological polar surface area (TPSA) is 99.6 Å². The summed E-state index contributed by atoms with van der Waals surface area (Å²) in [6.45, 7) is -0.262. The van der Waals surface area contributed by atoms with Crippen LogP contribution in [-0.4, -0.2) is 27.1 Å². The minimum Gasteiger partial charge on any atom is -0.483 e. The molecule has 0 saturated heterocycles. The summed E-state index contributed by atoms with van der Waals surface area (Å²) in [4.78, 5) is 27.5. The van der Waals surface area contributed by atoms with Crippen LogP contribution in [0, 0.1) is 0 Å². The zero-order valence-electron chi connectivity index (χ0n) is 11.0. The molecule has 2 aromatic heterocycles. The van der Waals surface area contributed by atoms with Gasteiger partial charge in [-0.25, -0.2) is 4.98 Å². The first-order valence-corrected chi connectivity index (χ1v) is 7.29. The first kappa shape index (κ1) is 14.5. The number of rotatable bonds is 4. The fraction of sp³-hybridized carbons (Fsp3) is 0.0769. The number of hydrogen-bond acceptors (Lipinski definition) is 6. The number of fused-ring (bicyclic) bond motifs is 1. The van der Waals surface area contributed by atoms with Crippen LogP contribution in [0.4, 0.5) is 0 Å². The highest BCUT2D eigenvalue weighted by molar-refractivity contribution is 7.15. The molecule has 22 heavy (non-hydrogen) atoms. The van der Waals surface area contributed by atoms with Crippen LogP contribution in [0.25, 0.3) is 11.0 Å². The van der Waals surface area contributed by atoms with E-state index < -0.39 is 5.91 Å². The van der Waals surface area contributed by atoms with E-state index in [2.05, 4.69) is 10.1 Å². The van der Waals surface area contributed by atoms with Crippen LogP contribution in [0.1, 0.15) is 5.56 Å². The van der Waals surface area contributed by atoms with E-state index in [1.807, 2.05) is 0 Å². The fourth-order valence-electron chi connectivity index (χ4n) is 1.83. The SMILES string of the molecule is NC(=O)COc1ccc(Cl)cc1/C=c1\sc2ncnn2c1=O. The monoisotopic (exact) mass is 336 g/mol. The van der Waals surface area contributed by atoms with E-state index in [1.54, 1.807) is 24.3 Å². The summed E-state index contributed by atoms with van der Waals surface area (Å²) < 4.78 is 6.97.